The van der Waals surface area contributed by atoms with E-state index in [-0.39, 0.29) is 5.91 Å². The predicted molar refractivity (Wildman–Crippen MR) is 144 cm³/mol. The molecular formula is C30H32N2O6. The third-order valence-electron chi connectivity index (χ3n) is 6.82. The average molecular weight is 517 g/mol. The Kier molecular flexibility index (Phi) is 7.51. The molecule has 0 radical (unpaired) electrons. The minimum atomic E-state index is -0.978. The molecule has 2 fully saturated rings. The predicted octanol–water partition coefficient (Wildman–Crippen LogP) is 5.32. The molecule has 8 nitrogen and oxygen atoms in total. The second kappa shape index (κ2) is 11.1. The molecule has 3 aromatic carbocycles. The Morgan fingerprint density at radius 1 is 0.842 bits per heavy atom. The highest BCUT2D eigenvalue weighted by atomic mass is 16.7. The first-order valence-electron chi connectivity index (χ1n) is 13.0. The van der Waals surface area contributed by atoms with E-state index in [0.717, 1.165) is 24.1 Å². The number of imide groups is 1. The van der Waals surface area contributed by atoms with Gasteiger partial charge in [-0.25, -0.2) is 9.96 Å². The topological polar surface area (TPSA) is 77.5 Å². The van der Waals surface area contributed by atoms with Crippen LogP contribution in [0.4, 0.5) is 11.4 Å². The summed E-state index contributed by atoms with van der Waals surface area (Å²) in [5.41, 5.74) is 1.94. The van der Waals surface area contributed by atoms with Gasteiger partial charge in [-0.2, -0.15) is 0 Å². The molecule has 2 amide bonds. The molecule has 198 valence electrons. The molecular weight excluding hydrogens is 484 g/mol. The van der Waals surface area contributed by atoms with Crippen LogP contribution >= 0.6 is 0 Å². The van der Waals surface area contributed by atoms with Crippen LogP contribution < -0.4 is 24.2 Å². The molecule has 2 aliphatic rings. The van der Waals surface area contributed by atoms with E-state index in [1.165, 1.54) is 12.0 Å². The Bertz CT molecular complexity index is 1300. The smallest absolute Gasteiger partial charge is 0.266 e. The summed E-state index contributed by atoms with van der Waals surface area (Å²) in [5, 5.41) is 1.67. The molecule has 5 rings (SSSR count). The van der Waals surface area contributed by atoms with Crippen molar-refractivity contribution < 1.29 is 28.6 Å². The van der Waals surface area contributed by atoms with Gasteiger partial charge < -0.3 is 14.2 Å². The van der Waals surface area contributed by atoms with E-state index in [1.54, 1.807) is 29.3 Å². The molecule has 3 atom stereocenters. The Hall–Kier alpha value is -4.04. The maximum atomic E-state index is 14.0. The number of benzene rings is 3. The normalized spacial score (nSPS) is 20.6. The number of unbranched alkanes of at least 4 members (excludes halogenated alkanes) is 1. The average Bonchev–Trinajstić information content (AvgIpc) is 3.45. The maximum Gasteiger partial charge on any atom is 0.266 e. The van der Waals surface area contributed by atoms with Gasteiger partial charge in [0.15, 0.2) is 17.6 Å². The third kappa shape index (κ3) is 4.56. The van der Waals surface area contributed by atoms with Crippen LogP contribution in [0, 0.1) is 5.92 Å². The van der Waals surface area contributed by atoms with Gasteiger partial charge in [0.25, 0.3) is 5.91 Å². The van der Waals surface area contributed by atoms with Crippen LogP contribution in [-0.4, -0.2) is 38.2 Å². The van der Waals surface area contributed by atoms with Crippen LogP contribution in [-0.2, 0) is 14.4 Å². The first-order chi connectivity index (χ1) is 18.6. The van der Waals surface area contributed by atoms with Crippen LogP contribution in [0.25, 0.3) is 0 Å². The lowest BCUT2D eigenvalue weighted by Gasteiger charge is -2.29. The van der Waals surface area contributed by atoms with Crippen molar-refractivity contribution in [2.24, 2.45) is 5.92 Å². The van der Waals surface area contributed by atoms with Crippen LogP contribution in [0.1, 0.15) is 38.3 Å². The molecule has 38 heavy (non-hydrogen) atoms. The fourth-order valence-electron chi connectivity index (χ4n) is 5.03. The number of para-hydroxylation sites is 3. The standard InChI is InChI=1S/C30H32N2O6/c1-4-6-18-37-24-17-16-20(19-25(24)36-5-2)27-26-28(38-32(27)21-12-8-7-9-13-21)30(34)31(29(26)33)22-14-10-11-15-23(22)35-3/h7-17,19,26-28H,4-6,18H2,1-3H3/t26-,27-,28+/m0/s1. The van der Waals surface area contributed by atoms with Crippen molar-refractivity contribution in [3.63, 3.8) is 0 Å². The minimum absolute atomic E-state index is 0.339. The summed E-state index contributed by atoms with van der Waals surface area (Å²) in [6.45, 7) is 5.07. The number of anilines is 2. The summed E-state index contributed by atoms with van der Waals surface area (Å²) in [6.07, 6.45) is 0.980. The Labute approximate surface area is 222 Å². The fourth-order valence-corrected chi connectivity index (χ4v) is 5.03. The lowest BCUT2D eigenvalue weighted by molar-refractivity contribution is -0.126. The molecule has 0 unspecified atom stereocenters. The first kappa shape index (κ1) is 25.6. The summed E-state index contributed by atoms with van der Waals surface area (Å²) >= 11 is 0. The molecule has 8 heteroatoms. The lowest BCUT2D eigenvalue weighted by Crippen LogP contribution is -2.37. The van der Waals surface area contributed by atoms with Gasteiger partial charge in [-0.3, -0.25) is 14.4 Å². The number of carbonyl (C=O) groups excluding carboxylic acids is 2. The number of carbonyl (C=O) groups is 2. The van der Waals surface area contributed by atoms with Gasteiger partial charge in [-0.15, -0.1) is 0 Å². The second-order valence-corrected chi connectivity index (χ2v) is 9.18. The molecule has 3 aromatic rings. The van der Waals surface area contributed by atoms with E-state index in [2.05, 4.69) is 6.92 Å². The minimum Gasteiger partial charge on any atom is -0.495 e. The van der Waals surface area contributed by atoms with Gasteiger partial charge in [0.1, 0.15) is 11.7 Å². The van der Waals surface area contributed by atoms with Gasteiger partial charge in [0, 0.05) is 0 Å². The van der Waals surface area contributed by atoms with Crippen molar-refractivity contribution >= 4 is 23.2 Å². The highest BCUT2D eigenvalue weighted by molar-refractivity contribution is 6.24. The zero-order valence-corrected chi connectivity index (χ0v) is 21.8. The van der Waals surface area contributed by atoms with E-state index in [1.807, 2.05) is 55.5 Å². The van der Waals surface area contributed by atoms with Gasteiger partial charge in [0.2, 0.25) is 5.91 Å². The summed E-state index contributed by atoms with van der Waals surface area (Å²) in [7, 11) is 1.51. The number of hydrogen-bond acceptors (Lipinski definition) is 7. The molecule has 0 N–H and O–H groups in total. The fraction of sp³-hybridized carbons (Fsp3) is 0.333. The third-order valence-corrected chi connectivity index (χ3v) is 6.82. The Morgan fingerprint density at radius 2 is 1.61 bits per heavy atom. The molecule has 0 saturated carbocycles. The van der Waals surface area contributed by atoms with Crippen molar-refractivity contribution in [3.8, 4) is 17.2 Å². The molecule has 0 aliphatic carbocycles. The molecule has 2 heterocycles. The molecule has 2 aliphatic heterocycles. The van der Waals surface area contributed by atoms with Gasteiger partial charge in [-0.1, -0.05) is 49.7 Å². The van der Waals surface area contributed by atoms with E-state index in [9.17, 15) is 9.59 Å². The van der Waals surface area contributed by atoms with Crippen molar-refractivity contribution in [2.45, 2.75) is 38.8 Å². The van der Waals surface area contributed by atoms with Gasteiger partial charge in [-0.05, 0) is 55.3 Å². The summed E-state index contributed by atoms with van der Waals surface area (Å²) in [5.74, 6) is 0.157. The van der Waals surface area contributed by atoms with E-state index >= 15 is 0 Å². The molecule has 0 bridgehead atoms. The van der Waals surface area contributed by atoms with E-state index in [4.69, 9.17) is 19.0 Å². The summed E-state index contributed by atoms with van der Waals surface area (Å²) in [4.78, 5) is 35.1. The number of hydroxylamine groups is 1. The second-order valence-electron chi connectivity index (χ2n) is 9.18. The number of hydrogen-bond donors (Lipinski definition) is 0. The van der Waals surface area contributed by atoms with Crippen molar-refractivity contribution in [2.75, 3.05) is 30.3 Å². The number of ether oxygens (including phenoxy) is 3. The highest BCUT2D eigenvalue weighted by Crippen LogP contribution is 2.49. The van der Waals surface area contributed by atoms with E-state index < -0.39 is 24.0 Å². The number of nitrogens with zero attached hydrogens (tertiary/aromatic N) is 2. The SMILES string of the molecule is CCCCOc1ccc([C@H]2[C@@H]3C(=O)N(c4ccccc4OC)C(=O)[C@@H]3ON2c2ccccc2)cc1OCC. The molecule has 2 saturated heterocycles. The summed E-state index contributed by atoms with van der Waals surface area (Å²) in [6, 6.07) is 21.6. The Balaban J connectivity index is 1.56. The number of rotatable bonds is 10. The lowest BCUT2D eigenvalue weighted by atomic mass is 9.90. The van der Waals surface area contributed by atoms with Crippen LogP contribution in [0.5, 0.6) is 17.2 Å². The largest absolute Gasteiger partial charge is 0.495 e. The van der Waals surface area contributed by atoms with Crippen molar-refractivity contribution in [1.29, 1.82) is 0 Å². The van der Waals surface area contributed by atoms with E-state index in [0.29, 0.717) is 36.1 Å². The first-order valence-corrected chi connectivity index (χ1v) is 13.0. The van der Waals surface area contributed by atoms with Crippen molar-refractivity contribution in [3.05, 3.63) is 78.4 Å². The number of methoxy groups -OCH3 is 1. The van der Waals surface area contributed by atoms with Gasteiger partial charge >= 0.3 is 0 Å². The zero-order chi connectivity index (χ0) is 26.6. The quantitative estimate of drug-likeness (QED) is 0.266. The van der Waals surface area contributed by atoms with Crippen LogP contribution in [0.3, 0.4) is 0 Å². The molecule has 0 spiro atoms. The molecule has 0 aromatic heterocycles. The van der Waals surface area contributed by atoms with Gasteiger partial charge in [0.05, 0.1) is 37.7 Å². The monoisotopic (exact) mass is 516 g/mol. The number of fused-ring (bicyclic) bond motifs is 1. The Morgan fingerprint density at radius 3 is 2.34 bits per heavy atom. The highest BCUT2D eigenvalue weighted by Gasteiger charge is 2.60. The van der Waals surface area contributed by atoms with Crippen LogP contribution in [0.15, 0.2) is 72.8 Å². The summed E-state index contributed by atoms with van der Waals surface area (Å²) < 4.78 is 17.3. The maximum absolute atomic E-state index is 14.0. The van der Waals surface area contributed by atoms with Crippen molar-refractivity contribution in [1.82, 2.24) is 0 Å². The zero-order valence-electron chi connectivity index (χ0n) is 21.8. The number of amides is 2. The van der Waals surface area contributed by atoms with Crippen LogP contribution in [0.2, 0.25) is 0 Å².